The van der Waals surface area contributed by atoms with Crippen LogP contribution in [0, 0.1) is 5.82 Å². The van der Waals surface area contributed by atoms with Gasteiger partial charge in [0, 0.05) is 25.9 Å². The molecule has 2 N–H and O–H groups in total. The van der Waals surface area contributed by atoms with Crippen molar-refractivity contribution < 1.29 is 13.9 Å². The Morgan fingerprint density at radius 2 is 2.14 bits per heavy atom. The quantitative estimate of drug-likeness (QED) is 0.772. The summed E-state index contributed by atoms with van der Waals surface area (Å²) in [6, 6.07) is 9.12. The Kier molecular flexibility index (Phi) is 5.85. The molecule has 0 aliphatic carbocycles. The van der Waals surface area contributed by atoms with Gasteiger partial charge in [-0.2, -0.15) is 0 Å². The van der Waals surface area contributed by atoms with Gasteiger partial charge in [-0.3, -0.25) is 4.79 Å². The third-order valence-electron chi connectivity index (χ3n) is 2.93. The van der Waals surface area contributed by atoms with Crippen LogP contribution in [0.25, 0.3) is 0 Å². The second-order valence-corrected chi connectivity index (χ2v) is 4.67. The molecule has 0 fully saturated rings. The van der Waals surface area contributed by atoms with Gasteiger partial charge >= 0.3 is 0 Å². The Hall–Kier alpha value is -2.47. The number of ether oxygens (including phenoxy) is 1. The smallest absolute Gasteiger partial charge is 0.274 e. The van der Waals surface area contributed by atoms with Gasteiger partial charge in [0.05, 0.1) is 11.9 Å². The Balaban J connectivity index is 1.90. The maximum atomic E-state index is 13.1. The lowest BCUT2D eigenvalue weighted by molar-refractivity contribution is 0.102. The van der Waals surface area contributed by atoms with Gasteiger partial charge in [-0.25, -0.2) is 9.37 Å². The highest BCUT2D eigenvalue weighted by atomic mass is 19.1. The molecule has 0 spiro atoms. The van der Waals surface area contributed by atoms with E-state index >= 15 is 0 Å². The summed E-state index contributed by atoms with van der Waals surface area (Å²) in [4.78, 5) is 16.1. The van der Waals surface area contributed by atoms with Crippen molar-refractivity contribution in [2.75, 3.05) is 30.9 Å². The molecule has 0 radical (unpaired) electrons. The van der Waals surface area contributed by atoms with Gasteiger partial charge in [0.15, 0.2) is 0 Å². The molecule has 0 aliphatic rings. The molecule has 0 saturated carbocycles. The van der Waals surface area contributed by atoms with Crippen molar-refractivity contribution in [3.05, 3.63) is 54.1 Å². The summed E-state index contributed by atoms with van der Waals surface area (Å²) in [5.74, 6) is -0.780. The summed E-state index contributed by atoms with van der Waals surface area (Å²) >= 11 is 0. The van der Waals surface area contributed by atoms with Crippen LogP contribution >= 0.6 is 0 Å². The molecule has 116 valence electrons. The number of carbonyl (C=O) groups is 1. The average Bonchev–Trinajstić information content (AvgIpc) is 2.52. The van der Waals surface area contributed by atoms with E-state index < -0.39 is 5.82 Å². The normalized spacial score (nSPS) is 10.3. The van der Waals surface area contributed by atoms with E-state index in [1.165, 1.54) is 18.2 Å². The summed E-state index contributed by atoms with van der Waals surface area (Å²) in [5.41, 5.74) is 1.50. The van der Waals surface area contributed by atoms with Crippen LogP contribution < -0.4 is 10.6 Å². The molecule has 0 unspecified atom stereocenters. The summed E-state index contributed by atoms with van der Waals surface area (Å²) in [6.45, 7) is 1.46. The summed E-state index contributed by atoms with van der Waals surface area (Å²) in [5, 5.41) is 5.78. The van der Waals surface area contributed by atoms with Gasteiger partial charge < -0.3 is 15.4 Å². The molecule has 1 aromatic carbocycles. The summed E-state index contributed by atoms with van der Waals surface area (Å²) < 4.78 is 18.0. The minimum atomic E-state index is -0.402. The first-order valence-corrected chi connectivity index (χ1v) is 6.95. The molecule has 2 aromatic rings. The molecule has 1 heterocycles. The first-order valence-electron chi connectivity index (χ1n) is 6.95. The summed E-state index contributed by atoms with van der Waals surface area (Å²) in [6.07, 6.45) is 2.48. The minimum Gasteiger partial charge on any atom is -0.385 e. The number of hydrogen-bond donors (Lipinski definition) is 2. The predicted octanol–water partition coefficient (Wildman–Crippen LogP) is 2.92. The Morgan fingerprint density at radius 1 is 1.27 bits per heavy atom. The monoisotopic (exact) mass is 303 g/mol. The maximum Gasteiger partial charge on any atom is 0.274 e. The molecule has 2 rings (SSSR count). The number of nitrogens with one attached hydrogen (secondary N) is 2. The van der Waals surface area contributed by atoms with E-state index in [-0.39, 0.29) is 11.6 Å². The molecule has 0 saturated heterocycles. The fourth-order valence-corrected chi connectivity index (χ4v) is 1.84. The Labute approximate surface area is 128 Å². The van der Waals surface area contributed by atoms with Crippen LogP contribution in [-0.2, 0) is 4.74 Å². The molecule has 5 nitrogen and oxygen atoms in total. The molecular formula is C16H18FN3O2. The van der Waals surface area contributed by atoms with E-state index in [4.69, 9.17) is 4.74 Å². The van der Waals surface area contributed by atoms with E-state index in [0.717, 1.165) is 18.7 Å². The first-order chi connectivity index (χ1) is 10.7. The van der Waals surface area contributed by atoms with Crippen molar-refractivity contribution in [2.24, 2.45) is 0 Å². The van der Waals surface area contributed by atoms with Gasteiger partial charge in [-0.15, -0.1) is 0 Å². The van der Waals surface area contributed by atoms with Crippen LogP contribution in [0.1, 0.15) is 16.9 Å². The van der Waals surface area contributed by atoms with E-state index in [2.05, 4.69) is 15.6 Å². The summed E-state index contributed by atoms with van der Waals surface area (Å²) in [7, 11) is 1.66. The van der Waals surface area contributed by atoms with Gasteiger partial charge in [0.25, 0.3) is 5.91 Å². The largest absolute Gasteiger partial charge is 0.385 e. The Bertz CT molecular complexity index is 617. The number of pyridine rings is 1. The number of methoxy groups -OCH3 is 1. The van der Waals surface area contributed by atoms with Crippen molar-refractivity contribution in [1.82, 2.24) is 4.98 Å². The molecular weight excluding hydrogens is 285 g/mol. The molecule has 1 aromatic heterocycles. The number of halogens is 1. The Morgan fingerprint density at radius 3 is 2.82 bits per heavy atom. The molecule has 0 bridgehead atoms. The molecule has 1 amide bonds. The van der Waals surface area contributed by atoms with Crippen LogP contribution in [0.3, 0.4) is 0 Å². The highest BCUT2D eigenvalue weighted by molar-refractivity contribution is 6.02. The average molecular weight is 303 g/mol. The van der Waals surface area contributed by atoms with Crippen molar-refractivity contribution in [3.8, 4) is 0 Å². The fraction of sp³-hybridized carbons (Fsp3) is 0.250. The highest BCUT2D eigenvalue weighted by Crippen LogP contribution is 2.12. The van der Waals surface area contributed by atoms with Crippen molar-refractivity contribution in [1.29, 1.82) is 0 Å². The van der Waals surface area contributed by atoms with Crippen LogP contribution in [0.4, 0.5) is 15.8 Å². The molecule has 0 atom stereocenters. The van der Waals surface area contributed by atoms with Gasteiger partial charge in [0.1, 0.15) is 11.5 Å². The van der Waals surface area contributed by atoms with Crippen molar-refractivity contribution in [3.63, 3.8) is 0 Å². The number of nitrogens with zero attached hydrogens (tertiary/aromatic N) is 1. The molecule has 6 heteroatoms. The lowest BCUT2D eigenvalue weighted by atomic mass is 10.2. The third kappa shape index (κ3) is 4.82. The van der Waals surface area contributed by atoms with Gasteiger partial charge in [0.2, 0.25) is 0 Å². The SMILES string of the molecule is COCCCNc1ccc(C(=O)Nc2cccc(F)c2)nc1. The van der Waals surface area contributed by atoms with E-state index in [0.29, 0.717) is 12.3 Å². The topological polar surface area (TPSA) is 63.2 Å². The van der Waals surface area contributed by atoms with E-state index in [1.807, 2.05) is 0 Å². The number of aromatic nitrogens is 1. The van der Waals surface area contributed by atoms with Crippen LogP contribution in [0.15, 0.2) is 42.6 Å². The zero-order valence-electron chi connectivity index (χ0n) is 12.3. The van der Waals surface area contributed by atoms with E-state index in [1.54, 1.807) is 31.5 Å². The highest BCUT2D eigenvalue weighted by Gasteiger charge is 2.08. The van der Waals surface area contributed by atoms with Gasteiger partial charge in [-0.1, -0.05) is 6.07 Å². The van der Waals surface area contributed by atoms with Crippen LogP contribution in [-0.4, -0.2) is 31.2 Å². The van der Waals surface area contributed by atoms with E-state index in [9.17, 15) is 9.18 Å². The molecule has 0 aliphatic heterocycles. The van der Waals surface area contributed by atoms with Crippen LogP contribution in [0.2, 0.25) is 0 Å². The number of benzene rings is 1. The second kappa shape index (κ2) is 8.09. The third-order valence-corrected chi connectivity index (χ3v) is 2.93. The number of rotatable bonds is 7. The zero-order valence-corrected chi connectivity index (χ0v) is 12.3. The number of amides is 1. The number of hydrogen-bond acceptors (Lipinski definition) is 4. The van der Waals surface area contributed by atoms with Crippen molar-refractivity contribution >= 4 is 17.3 Å². The standard InChI is InChI=1S/C16H18FN3O2/c1-22-9-3-8-18-14-6-7-15(19-11-14)16(21)20-13-5-2-4-12(17)10-13/h2,4-7,10-11,18H,3,8-9H2,1H3,(H,20,21). The molecule has 22 heavy (non-hydrogen) atoms. The van der Waals surface area contributed by atoms with Crippen LogP contribution in [0.5, 0.6) is 0 Å². The first kappa shape index (κ1) is 15.9. The number of carbonyl (C=O) groups excluding carboxylic acids is 1. The zero-order chi connectivity index (χ0) is 15.8. The maximum absolute atomic E-state index is 13.1. The number of anilines is 2. The predicted molar refractivity (Wildman–Crippen MR) is 83.6 cm³/mol. The second-order valence-electron chi connectivity index (χ2n) is 4.67. The van der Waals surface area contributed by atoms with Gasteiger partial charge in [-0.05, 0) is 36.8 Å². The fourth-order valence-electron chi connectivity index (χ4n) is 1.84. The lowest BCUT2D eigenvalue weighted by Crippen LogP contribution is -2.14. The lowest BCUT2D eigenvalue weighted by Gasteiger charge is -2.07. The minimum absolute atomic E-state index is 0.270. The van der Waals surface area contributed by atoms with Crippen molar-refractivity contribution in [2.45, 2.75) is 6.42 Å².